The molecule has 120 valence electrons. The number of nitrogens with one attached hydrogen (secondary N) is 2. The average Bonchev–Trinajstić information content (AvgIpc) is 2.54. The summed E-state index contributed by atoms with van der Waals surface area (Å²) in [7, 11) is -3.62. The van der Waals surface area contributed by atoms with E-state index in [0.29, 0.717) is 18.5 Å². The lowest BCUT2D eigenvalue weighted by molar-refractivity contribution is -0.116. The molecule has 0 bridgehead atoms. The van der Waals surface area contributed by atoms with Gasteiger partial charge in [0.2, 0.25) is 15.9 Å². The maximum Gasteiger partial charge on any atom is 0.241 e. The first kappa shape index (κ1) is 15.7. The second-order valence-electron chi connectivity index (χ2n) is 5.62. The first-order valence-corrected chi connectivity index (χ1v) is 8.94. The molecule has 0 fully saturated rings. The average molecular weight is 330 g/mol. The third-order valence-corrected chi connectivity index (χ3v) is 5.45. The van der Waals surface area contributed by atoms with Gasteiger partial charge >= 0.3 is 0 Å². The van der Waals surface area contributed by atoms with Crippen LogP contribution in [-0.4, -0.2) is 14.3 Å². The quantitative estimate of drug-likeness (QED) is 0.905. The number of anilines is 1. The largest absolute Gasteiger partial charge is 0.326 e. The van der Waals surface area contributed by atoms with E-state index in [2.05, 4.69) is 10.0 Å². The van der Waals surface area contributed by atoms with Gasteiger partial charge < -0.3 is 5.32 Å². The maximum absolute atomic E-state index is 12.6. The zero-order chi connectivity index (χ0) is 16.4. The minimum atomic E-state index is -3.62. The molecule has 0 saturated carbocycles. The van der Waals surface area contributed by atoms with Crippen molar-refractivity contribution in [2.24, 2.45) is 0 Å². The van der Waals surface area contributed by atoms with Crippen molar-refractivity contribution in [3.63, 3.8) is 0 Å². The number of aryl methyl sites for hydroxylation is 1. The summed E-state index contributed by atoms with van der Waals surface area (Å²) in [4.78, 5) is 11.6. The van der Waals surface area contributed by atoms with Crippen molar-refractivity contribution in [1.82, 2.24) is 4.72 Å². The molecule has 0 aliphatic carbocycles. The molecule has 0 aromatic heterocycles. The van der Waals surface area contributed by atoms with Crippen molar-refractivity contribution >= 4 is 21.6 Å². The highest BCUT2D eigenvalue weighted by atomic mass is 32.2. The maximum atomic E-state index is 12.6. The third-order valence-electron chi connectivity index (χ3n) is 3.91. The number of amides is 1. The highest BCUT2D eigenvalue weighted by Gasteiger charge is 2.21. The fourth-order valence-electron chi connectivity index (χ4n) is 2.64. The number of hydrogen-bond acceptors (Lipinski definition) is 3. The number of hydrogen-bond donors (Lipinski definition) is 2. The van der Waals surface area contributed by atoms with Crippen LogP contribution >= 0.6 is 0 Å². The van der Waals surface area contributed by atoms with Crippen LogP contribution in [0.5, 0.6) is 0 Å². The Morgan fingerprint density at radius 1 is 1.09 bits per heavy atom. The Morgan fingerprint density at radius 2 is 1.83 bits per heavy atom. The van der Waals surface area contributed by atoms with Gasteiger partial charge in [-0.05, 0) is 42.7 Å². The zero-order valence-electron chi connectivity index (χ0n) is 12.7. The van der Waals surface area contributed by atoms with E-state index in [1.54, 1.807) is 12.1 Å². The monoisotopic (exact) mass is 330 g/mol. The smallest absolute Gasteiger partial charge is 0.241 e. The Morgan fingerprint density at radius 3 is 2.57 bits per heavy atom. The third kappa shape index (κ3) is 3.43. The van der Waals surface area contributed by atoms with E-state index in [-0.39, 0.29) is 16.8 Å². The van der Waals surface area contributed by atoms with Crippen molar-refractivity contribution in [1.29, 1.82) is 0 Å². The van der Waals surface area contributed by atoms with Crippen LogP contribution in [0.15, 0.2) is 53.4 Å². The number of carbonyl (C=O) groups excluding carboxylic acids is 1. The Hall–Kier alpha value is -2.18. The van der Waals surface area contributed by atoms with Gasteiger partial charge in [0.25, 0.3) is 0 Å². The standard InChI is InChI=1S/C17H18N2O3S/c1-12(13-5-3-2-4-6-13)19-23(21,22)15-8-9-16-14(11-15)7-10-17(20)18-16/h2-6,8-9,11-12,19H,7,10H2,1H3,(H,18,20)/t12-/m0/s1. The molecule has 0 spiro atoms. The van der Waals surface area contributed by atoms with E-state index in [0.717, 1.165) is 11.1 Å². The molecule has 2 aromatic rings. The summed E-state index contributed by atoms with van der Waals surface area (Å²) in [5, 5.41) is 2.75. The molecule has 0 saturated heterocycles. The molecule has 3 rings (SSSR count). The van der Waals surface area contributed by atoms with E-state index in [1.807, 2.05) is 37.3 Å². The molecule has 2 N–H and O–H groups in total. The number of benzene rings is 2. The molecule has 1 aliphatic rings. The molecule has 1 aliphatic heterocycles. The Bertz CT molecular complexity index is 832. The summed E-state index contributed by atoms with van der Waals surface area (Å²) in [5.74, 6) is -0.0380. The van der Waals surface area contributed by atoms with E-state index >= 15 is 0 Å². The summed E-state index contributed by atoms with van der Waals surface area (Å²) in [6.45, 7) is 1.81. The van der Waals surface area contributed by atoms with Crippen molar-refractivity contribution in [3.8, 4) is 0 Å². The molecular weight excluding hydrogens is 312 g/mol. The predicted octanol–water partition coefficient (Wildman–Crippen LogP) is 2.61. The fourth-order valence-corrected chi connectivity index (χ4v) is 3.92. The van der Waals surface area contributed by atoms with Gasteiger partial charge in [-0.3, -0.25) is 4.79 Å². The Labute approximate surface area is 135 Å². The molecular formula is C17H18N2O3S. The molecule has 6 heteroatoms. The molecule has 0 unspecified atom stereocenters. The van der Waals surface area contributed by atoms with Gasteiger partial charge in [0.15, 0.2) is 0 Å². The van der Waals surface area contributed by atoms with Gasteiger partial charge in [-0.2, -0.15) is 0 Å². The Kier molecular flexibility index (Phi) is 4.19. The highest BCUT2D eigenvalue weighted by molar-refractivity contribution is 7.89. The van der Waals surface area contributed by atoms with Crippen molar-refractivity contribution in [2.45, 2.75) is 30.7 Å². The highest BCUT2D eigenvalue weighted by Crippen LogP contribution is 2.26. The lowest BCUT2D eigenvalue weighted by Crippen LogP contribution is -2.27. The van der Waals surface area contributed by atoms with E-state index < -0.39 is 10.0 Å². The van der Waals surface area contributed by atoms with Crippen LogP contribution in [-0.2, 0) is 21.2 Å². The van der Waals surface area contributed by atoms with Crippen molar-refractivity contribution in [2.75, 3.05) is 5.32 Å². The summed E-state index contributed by atoms with van der Waals surface area (Å²) in [6, 6.07) is 13.9. The lowest BCUT2D eigenvalue weighted by atomic mass is 10.0. The zero-order valence-corrected chi connectivity index (χ0v) is 13.6. The summed E-state index contributed by atoms with van der Waals surface area (Å²) >= 11 is 0. The van der Waals surface area contributed by atoms with E-state index in [9.17, 15) is 13.2 Å². The summed E-state index contributed by atoms with van der Waals surface area (Å²) < 4.78 is 27.8. The van der Waals surface area contributed by atoms with Gasteiger partial charge in [0, 0.05) is 18.2 Å². The molecule has 5 nitrogen and oxygen atoms in total. The SMILES string of the molecule is C[C@H](NS(=O)(=O)c1ccc2c(c1)CCC(=O)N2)c1ccccc1. The molecule has 1 heterocycles. The van der Waals surface area contributed by atoms with Gasteiger partial charge in [-0.15, -0.1) is 0 Å². The number of carbonyl (C=O) groups is 1. The minimum absolute atomic E-state index is 0.0380. The predicted molar refractivity (Wildman–Crippen MR) is 88.6 cm³/mol. The van der Waals surface area contributed by atoms with Crippen LogP contribution in [0.1, 0.15) is 30.5 Å². The van der Waals surface area contributed by atoms with Crippen LogP contribution in [0.25, 0.3) is 0 Å². The molecule has 1 atom stereocenters. The van der Waals surface area contributed by atoms with Gasteiger partial charge in [-0.1, -0.05) is 30.3 Å². The van der Waals surface area contributed by atoms with Crippen molar-refractivity contribution in [3.05, 3.63) is 59.7 Å². The normalized spacial score (nSPS) is 15.6. The first-order valence-electron chi connectivity index (χ1n) is 7.46. The topological polar surface area (TPSA) is 75.3 Å². The molecule has 2 aromatic carbocycles. The molecule has 23 heavy (non-hydrogen) atoms. The van der Waals surface area contributed by atoms with E-state index in [4.69, 9.17) is 0 Å². The van der Waals surface area contributed by atoms with Crippen LogP contribution in [0.3, 0.4) is 0 Å². The second-order valence-corrected chi connectivity index (χ2v) is 7.33. The van der Waals surface area contributed by atoms with E-state index in [1.165, 1.54) is 6.07 Å². The van der Waals surface area contributed by atoms with Gasteiger partial charge in [-0.25, -0.2) is 13.1 Å². The number of sulfonamides is 1. The summed E-state index contributed by atoms with van der Waals surface area (Å²) in [6.07, 6.45) is 0.934. The number of rotatable bonds is 4. The van der Waals surface area contributed by atoms with Crippen LogP contribution in [0, 0.1) is 0 Å². The second kappa shape index (κ2) is 6.14. The first-order chi connectivity index (χ1) is 11.0. The summed E-state index contributed by atoms with van der Waals surface area (Å²) in [5.41, 5.74) is 2.44. The minimum Gasteiger partial charge on any atom is -0.326 e. The van der Waals surface area contributed by atoms with Gasteiger partial charge in [0.05, 0.1) is 4.90 Å². The van der Waals surface area contributed by atoms with Crippen LogP contribution in [0.2, 0.25) is 0 Å². The fraction of sp³-hybridized carbons (Fsp3) is 0.235. The van der Waals surface area contributed by atoms with Crippen LogP contribution in [0.4, 0.5) is 5.69 Å². The Balaban J connectivity index is 1.84. The van der Waals surface area contributed by atoms with Crippen molar-refractivity contribution < 1.29 is 13.2 Å². The number of fused-ring (bicyclic) bond motifs is 1. The van der Waals surface area contributed by atoms with Gasteiger partial charge in [0.1, 0.15) is 0 Å². The molecule has 0 radical (unpaired) electrons. The lowest BCUT2D eigenvalue weighted by Gasteiger charge is -2.19. The van der Waals surface area contributed by atoms with Crippen LogP contribution < -0.4 is 10.0 Å². The molecule has 1 amide bonds.